The lowest BCUT2D eigenvalue weighted by molar-refractivity contribution is -0.130. The van der Waals surface area contributed by atoms with Crippen LogP contribution >= 0.6 is 34.7 Å². The highest BCUT2D eigenvalue weighted by molar-refractivity contribution is 7.99. The number of carbonyl (C=O) groups excluding carboxylic acids is 1. The molecule has 3 heterocycles. The van der Waals surface area contributed by atoms with E-state index < -0.39 is 0 Å². The van der Waals surface area contributed by atoms with E-state index in [4.69, 9.17) is 17.4 Å². The molecular weight excluding hydrogens is 428 g/mol. The van der Waals surface area contributed by atoms with Gasteiger partial charge in [0.25, 0.3) is 0 Å². The van der Waals surface area contributed by atoms with E-state index >= 15 is 0 Å². The highest BCUT2D eigenvalue weighted by atomic mass is 35.5. The molecule has 1 aliphatic heterocycles. The molecule has 1 aromatic carbocycles. The third-order valence-electron chi connectivity index (χ3n) is 4.78. The zero-order valence-electron chi connectivity index (χ0n) is 15.7. The minimum Gasteiger partial charge on any atom is -0.339 e. The highest BCUT2D eigenvalue weighted by Crippen LogP contribution is 2.24. The number of nitrogen functional groups attached to an aromatic ring is 1. The van der Waals surface area contributed by atoms with Gasteiger partial charge in [0, 0.05) is 43.3 Å². The number of thiophene rings is 1. The molecule has 0 atom stereocenters. The second kappa shape index (κ2) is 9.17. The lowest BCUT2D eigenvalue weighted by Gasteiger charge is -2.34. The maximum absolute atomic E-state index is 12.6. The van der Waals surface area contributed by atoms with Gasteiger partial charge < -0.3 is 10.7 Å². The molecule has 1 aliphatic rings. The first-order valence-electron chi connectivity index (χ1n) is 9.20. The average molecular weight is 449 g/mol. The maximum atomic E-state index is 12.6. The summed E-state index contributed by atoms with van der Waals surface area (Å²) in [5.74, 6) is 7.03. The van der Waals surface area contributed by atoms with Crippen LogP contribution < -0.4 is 5.84 Å². The van der Waals surface area contributed by atoms with E-state index in [1.165, 1.54) is 22.0 Å². The van der Waals surface area contributed by atoms with Crippen LogP contribution in [0.15, 0.2) is 46.2 Å². The number of thioether (sulfide) groups is 1. The van der Waals surface area contributed by atoms with Gasteiger partial charge in [0.1, 0.15) is 0 Å². The molecule has 4 rings (SSSR count). The molecular formula is C19H21ClN6OS2. The lowest BCUT2D eigenvalue weighted by Crippen LogP contribution is -2.48. The number of carbonyl (C=O) groups is 1. The number of benzene rings is 1. The fourth-order valence-corrected chi connectivity index (χ4v) is 4.82. The second-order valence-electron chi connectivity index (χ2n) is 6.76. The number of hydrogen-bond acceptors (Lipinski definition) is 7. The summed E-state index contributed by atoms with van der Waals surface area (Å²) in [5, 5.41) is 13.6. The van der Waals surface area contributed by atoms with Gasteiger partial charge in [-0.05, 0) is 34.5 Å². The van der Waals surface area contributed by atoms with E-state index in [1.54, 1.807) is 23.5 Å². The van der Waals surface area contributed by atoms with E-state index in [0.29, 0.717) is 16.0 Å². The normalized spacial score (nSPS) is 15.0. The fraction of sp³-hybridized carbons (Fsp3) is 0.316. The predicted molar refractivity (Wildman–Crippen MR) is 118 cm³/mol. The van der Waals surface area contributed by atoms with Gasteiger partial charge in [0.2, 0.25) is 11.1 Å². The number of piperazine rings is 1. The van der Waals surface area contributed by atoms with Crippen molar-refractivity contribution in [2.24, 2.45) is 0 Å². The van der Waals surface area contributed by atoms with E-state index in [9.17, 15) is 4.79 Å². The molecule has 1 fully saturated rings. The summed E-state index contributed by atoms with van der Waals surface area (Å²) in [4.78, 5) is 16.9. The molecule has 2 aromatic heterocycles. The number of halogens is 1. The molecule has 1 amide bonds. The summed E-state index contributed by atoms with van der Waals surface area (Å²) in [6, 6.07) is 9.43. The third-order valence-corrected chi connectivity index (χ3v) is 6.68. The van der Waals surface area contributed by atoms with Crippen molar-refractivity contribution in [3.05, 3.63) is 51.7 Å². The first-order chi connectivity index (χ1) is 14.1. The quantitative estimate of drug-likeness (QED) is 0.461. The van der Waals surface area contributed by atoms with E-state index in [1.807, 2.05) is 17.0 Å². The molecule has 3 aromatic rings. The van der Waals surface area contributed by atoms with Crippen LogP contribution in [0, 0.1) is 0 Å². The van der Waals surface area contributed by atoms with Gasteiger partial charge in [-0.15, -0.1) is 10.2 Å². The van der Waals surface area contributed by atoms with Crippen molar-refractivity contribution in [2.75, 3.05) is 37.8 Å². The molecule has 152 valence electrons. The van der Waals surface area contributed by atoms with Crippen LogP contribution in [0.5, 0.6) is 0 Å². The standard InChI is InChI=1S/C19H21ClN6OS2/c20-16-3-1-2-15(10-16)18-22-23-19(26(18)21)29-13-17(27)25-7-5-24(6-8-25)11-14-4-9-28-12-14/h1-4,9-10,12H,5-8,11,13,21H2. The van der Waals surface area contributed by atoms with E-state index in [0.717, 1.165) is 38.3 Å². The molecule has 29 heavy (non-hydrogen) atoms. The zero-order chi connectivity index (χ0) is 20.2. The predicted octanol–water partition coefficient (Wildman–Crippen LogP) is 2.81. The van der Waals surface area contributed by atoms with E-state index in [2.05, 4.69) is 31.9 Å². The first-order valence-corrected chi connectivity index (χ1v) is 11.5. The molecule has 10 heteroatoms. The van der Waals surface area contributed by atoms with Crippen molar-refractivity contribution >= 4 is 40.6 Å². The number of nitrogens with two attached hydrogens (primary N) is 1. The molecule has 0 saturated carbocycles. The maximum Gasteiger partial charge on any atom is 0.233 e. The molecule has 0 spiro atoms. The Kier molecular flexibility index (Phi) is 6.39. The van der Waals surface area contributed by atoms with Crippen molar-refractivity contribution < 1.29 is 4.79 Å². The van der Waals surface area contributed by atoms with Gasteiger partial charge in [-0.25, -0.2) is 4.68 Å². The van der Waals surface area contributed by atoms with Crippen LogP contribution in [0.4, 0.5) is 0 Å². The summed E-state index contributed by atoms with van der Waals surface area (Å²) < 4.78 is 1.41. The Hall–Kier alpha value is -2.07. The number of amides is 1. The summed E-state index contributed by atoms with van der Waals surface area (Å²) in [6.07, 6.45) is 0. The Morgan fingerprint density at radius 2 is 2.03 bits per heavy atom. The summed E-state index contributed by atoms with van der Waals surface area (Å²) >= 11 is 9.05. The van der Waals surface area contributed by atoms with Gasteiger partial charge in [-0.3, -0.25) is 9.69 Å². The lowest BCUT2D eigenvalue weighted by atomic mass is 10.2. The molecule has 0 aliphatic carbocycles. The molecule has 0 radical (unpaired) electrons. The Morgan fingerprint density at radius 3 is 2.76 bits per heavy atom. The summed E-state index contributed by atoms with van der Waals surface area (Å²) in [5.41, 5.74) is 2.12. The molecule has 0 unspecified atom stereocenters. The van der Waals surface area contributed by atoms with Crippen molar-refractivity contribution in [3.8, 4) is 11.4 Å². The molecule has 0 bridgehead atoms. The number of aromatic nitrogens is 3. The minimum atomic E-state index is 0.0949. The van der Waals surface area contributed by atoms with Crippen LogP contribution in [-0.4, -0.2) is 62.5 Å². The van der Waals surface area contributed by atoms with E-state index in [-0.39, 0.29) is 11.7 Å². The van der Waals surface area contributed by atoms with Crippen LogP contribution in [0.2, 0.25) is 5.02 Å². The van der Waals surface area contributed by atoms with Crippen molar-refractivity contribution in [2.45, 2.75) is 11.7 Å². The largest absolute Gasteiger partial charge is 0.339 e. The van der Waals surface area contributed by atoms with Gasteiger partial charge in [0.05, 0.1) is 5.75 Å². The SMILES string of the molecule is Nn1c(SCC(=O)N2CCN(Cc3ccsc3)CC2)nnc1-c1cccc(Cl)c1. The van der Waals surface area contributed by atoms with Crippen molar-refractivity contribution in [3.63, 3.8) is 0 Å². The number of nitrogens with zero attached hydrogens (tertiary/aromatic N) is 5. The van der Waals surface area contributed by atoms with Gasteiger partial charge in [0.15, 0.2) is 5.82 Å². The molecule has 2 N–H and O–H groups in total. The molecule has 7 nitrogen and oxygen atoms in total. The monoisotopic (exact) mass is 448 g/mol. The topological polar surface area (TPSA) is 80.3 Å². The van der Waals surface area contributed by atoms with Crippen LogP contribution in [0.3, 0.4) is 0 Å². The number of rotatable bonds is 6. The third kappa shape index (κ3) is 4.92. The van der Waals surface area contributed by atoms with Gasteiger partial charge >= 0.3 is 0 Å². The Balaban J connectivity index is 1.29. The average Bonchev–Trinajstić information content (AvgIpc) is 3.36. The summed E-state index contributed by atoms with van der Waals surface area (Å²) in [7, 11) is 0. The Bertz CT molecular complexity index is 969. The first kappa shape index (κ1) is 20.2. The van der Waals surface area contributed by atoms with Crippen molar-refractivity contribution in [1.29, 1.82) is 0 Å². The summed E-state index contributed by atoms with van der Waals surface area (Å²) in [6.45, 7) is 4.21. The number of hydrogen-bond donors (Lipinski definition) is 1. The zero-order valence-corrected chi connectivity index (χ0v) is 18.1. The minimum absolute atomic E-state index is 0.0949. The second-order valence-corrected chi connectivity index (χ2v) is 8.92. The smallest absolute Gasteiger partial charge is 0.233 e. The van der Waals surface area contributed by atoms with Crippen LogP contribution in [0.1, 0.15) is 5.56 Å². The van der Waals surface area contributed by atoms with Crippen LogP contribution in [0.25, 0.3) is 11.4 Å². The fourth-order valence-electron chi connectivity index (χ4n) is 3.21. The van der Waals surface area contributed by atoms with Crippen molar-refractivity contribution in [1.82, 2.24) is 24.7 Å². The van der Waals surface area contributed by atoms with Gasteiger partial charge in [-0.2, -0.15) is 11.3 Å². The Labute approximate surface area is 182 Å². The Morgan fingerprint density at radius 1 is 1.21 bits per heavy atom. The van der Waals surface area contributed by atoms with Crippen LogP contribution in [-0.2, 0) is 11.3 Å². The molecule has 1 saturated heterocycles. The van der Waals surface area contributed by atoms with Gasteiger partial charge in [-0.1, -0.05) is 35.5 Å². The highest BCUT2D eigenvalue weighted by Gasteiger charge is 2.22.